The topological polar surface area (TPSA) is 97.1 Å². The molecule has 0 radical (unpaired) electrons. The minimum atomic E-state index is -0.257. The van der Waals surface area contributed by atoms with Gasteiger partial charge in [-0.3, -0.25) is 9.59 Å². The quantitative estimate of drug-likeness (QED) is 0.516. The molecule has 4 aromatic rings. The lowest BCUT2D eigenvalue weighted by molar-refractivity contribution is -0.115. The first-order valence-electron chi connectivity index (χ1n) is 10.3. The van der Waals surface area contributed by atoms with E-state index in [1.165, 1.54) is 0 Å². The average Bonchev–Trinajstić information content (AvgIpc) is 3.42. The Kier molecular flexibility index (Phi) is 3.89. The third-order valence-corrected chi connectivity index (χ3v) is 5.74. The third-order valence-electron chi connectivity index (χ3n) is 5.74. The second kappa shape index (κ2) is 6.77. The number of amides is 2. The van der Waals surface area contributed by atoms with Crippen LogP contribution >= 0.6 is 0 Å². The van der Waals surface area contributed by atoms with Crippen LogP contribution in [-0.2, 0) is 11.2 Å². The van der Waals surface area contributed by atoms with Crippen LogP contribution in [-0.4, -0.2) is 22.0 Å². The van der Waals surface area contributed by atoms with Crippen LogP contribution in [0.3, 0.4) is 0 Å². The lowest BCUT2D eigenvalue weighted by Gasteiger charge is -2.10. The van der Waals surface area contributed by atoms with Gasteiger partial charge in [0.1, 0.15) is 0 Å². The Labute approximate surface area is 177 Å². The summed E-state index contributed by atoms with van der Waals surface area (Å²) in [4.78, 5) is 29.6. The van der Waals surface area contributed by atoms with E-state index in [1.807, 2.05) is 42.5 Å². The predicted octanol–water partition coefficient (Wildman–Crippen LogP) is 4.51. The molecule has 3 heterocycles. The molecule has 7 nitrogen and oxygen atoms in total. The van der Waals surface area contributed by atoms with Gasteiger partial charge in [0.15, 0.2) is 0 Å². The number of carbonyl (C=O) groups is 2. The first kappa shape index (κ1) is 17.8. The highest BCUT2D eigenvalue weighted by Gasteiger charge is 2.32. The smallest absolute Gasteiger partial charge is 0.259 e. The van der Waals surface area contributed by atoms with E-state index in [9.17, 15) is 9.59 Å². The Balaban J connectivity index is 1.43. The molecule has 2 aliphatic rings. The van der Waals surface area contributed by atoms with E-state index in [4.69, 9.17) is 4.52 Å². The summed E-state index contributed by atoms with van der Waals surface area (Å²) in [5.41, 5.74) is 5.50. The zero-order valence-corrected chi connectivity index (χ0v) is 16.5. The highest BCUT2D eigenvalue weighted by Crippen LogP contribution is 2.43. The molecule has 2 aromatic carbocycles. The van der Waals surface area contributed by atoms with Gasteiger partial charge in [0, 0.05) is 22.9 Å². The van der Waals surface area contributed by atoms with Crippen molar-refractivity contribution in [1.82, 2.24) is 10.1 Å². The molecule has 2 aromatic heterocycles. The Morgan fingerprint density at radius 1 is 1.10 bits per heavy atom. The summed E-state index contributed by atoms with van der Waals surface area (Å²) < 4.78 is 5.54. The molecule has 1 aliphatic heterocycles. The fraction of sp³-hybridized carbons (Fsp3) is 0.167. The molecule has 7 heteroatoms. The van der Waals surface area contributed by atoms with Crippen LogP contribution in [0.2, 0.25) is 0 Å². The molecule has 152 valence electrons. The normalized spacial score (nSPS) is 15.0. The molecular weight excluding hydrogens is 392 g/mol. The lowest BCUT2D eigenvalue weighted by Crippen LogP contribution is -2.13. The molecule has 1 aliphatic carbocycles. The van der Waals surface area contributed by atoms with E-state index in [0.29, 0.717) is 40.4 Å². The SMILES string of the molecule is O=C1Cc2cc(NC(=O)c3cc(-c4ccccc4)nc4onc(C5CC5)c34)ccc2N1. The van der Waals surface area contributed by atoms with Gasteiger partial charge in [-0.25, -0.2) is 4.98 Å². The number of anilines is 2. The van der Waals surface area contributed by atoms with Crippen molar-refractivity contribution in [3.63, 3.8) is 0 Å². The van der Waals surface area contributed by atoms with Gasteiger partial charge >= 0.3 is 0 Å². The summed E-state index contributed by atoms with van der Waals surface area (Å²) in [6, 6.07) is 16.9. The molecular formula is C24H18N4O3. The van der Waals surface area contributed by atoms with Gasteiger partial charge in [-0.1, -0.05) is 35.5 Å². The van der Waals surface area contributed by atoms with Gasteiger partial charge in [0.05, 0.1) is 28.8 Å². The van der Waals surface area contributed by atoms with E-state index in [-0.39, 0.29) is 11.8 Å². The highest BCUT2D eigenvalue weighted by molar-refractivity contribution is 6.13. The largest absolute Gasteiger partial charge is 0.335 e. The van der Waals surface area contributed by atoms with Crippen molar-refractivity contribution in [3.05, 3.63) is 71.4 Å². The number of nitrogens with one attached hydrogen (secondary N) is 2. The maximum atomic E-state index is 13.4. The molecule has 0 saturated heterocycles. The predicted molar refractivity (Wildman–Crippen MR) is 116 cm³/mol. The molecule has 1 fully saturated rings. The number of nitrogens with zero attached hydrogens (tertiary/aromatic N) is 2. The van der Waals surface area contributed by atoms with Crippen molar-refractivity contribution in [3.8, 4) is 11.3 Å². The number of pyridine rings is 1. The van der Waals surface area contributed by atoms with Gasteiger partial charge in [0.2, 0.25) is 5.91 Å². The van der Waals surface area contributed by atoms with Gasteiger partial charge in [-0.15, -0.1) is 0 Å². The fourth-order valence-corrected chi connectivity index (χ4v) is 4.05. The second-order valence-electron chi connectivity index (χ2n) is 7.99. The summed E-state index contributed by atoms with van der Waals surface area (Å²) in [6.07, 6.45) is 2.39. The molecule has 0 spiro atoms. The number of fused-ring (bicyclic) bond motifs is 2. The van der Waals surface area contributed by atoms with E-state index in [0.717, 1.165) is 35.3 Å². The van der Waals surface area contributed by atoms with Gasteiger partial charge < -0.3 is 15.2 Å². The standard InChI is InChI=1S/C24H18N4O3/c29-20-11-15-10-16(8-9-18(15)26-20)25-23(30)17-12-19(13-4-2-1-3-5-13)27-24-21(17)22(28-31-24)14-6-7-14/h1-5,8-10,12,14H,6-7,11H2,(H,25,30)(H,26,29). The van der Waals surface area contributed by atoms with Gasteiger partial charge in [0.25, 0.3) is 11.6 Å². The third kappa shape index (κ3) is 3.15. The van der Waals surface area contributed by atoms with Crippen molar-refractivity contribution >= 4 is 34.3 Å². The zero-order chi connectivity index (χ0) is 20.9. The summed E-state index contributed by atoms with van der Waals surface area (Å²) >= 11 is 0. The zero-order valence-electron chi connectivity index (χ0n) is 16.5. The summed E-state index contributed by atoms with van der Waals surface area (Å²) in [5.74, 6) is 0.0153. The number of hydrogen-bond acceptors (Lipinski definition) is 5. The van der Waals surface area contributed by atoms with E-state index in [2.05, 4.69) is 20.8 Å². The van der Waals surface area contributed by atoms with Crippen molar-refractivity contribution in [2.24, 2.45) is 0 Å². The van der Waals surface area contributed by atoms with Gasteiger partial charge in [-0.2, -0.15) is 0 Å². The number of carbonyl (C=O) groups excluding carboxylic acids is 2. The minimum Gasteiger partial charge on any atom is -0.335 e. The number of aromatic nitrogens is 2. The summed E-state index contributed by atoms with van der Waals surface area (Å²) in [5, 5.41) is 10.7. The average molecular weight is 410 g/mol. The van der Waals surface area contributed by atoms with Gasteiger partial charge in [-0.05, 0) is 42.7 Å². The van der Waals surface area contributed by atoms with Crippen molar-refractivity contribution < 1.29 is 14.1 Å². The van der Waals surface area contributed by atoms with Crippen LogP contribution in [0.15, 0.2) is 59.1 Å². The number of hydrogen-bond donors (Lipinski definition) is 2. The highest BCUT2D eigenvalue weighted by atomic mass is 16.5. The van der Waals surface area contributed by atoms with Crippen molar-refractivity contribution in [2.75, 3.05) is 10.6 Å². The molecule has 31 heavy (non-hydrogen) atoms. The Bertz CT molecular complexity index is 1360. The monoisotopic (exact) mass is 410 g/mol. The van der Waals surface area contributed by atoms with E-state index >= 15 is 0 Å². The minimum absolute atomic E-state index is 0.0413. The number of benzene rings is 2. The first-order chi connectivity index (χ1) is 15.2. The van der Waals surface area contributed by atoms with Crippen LogP contribution in [0.25, 0.3) is 22.4 Å². The lowest BCUT2D eigenvalue weighted by atomic mass is 10.0. The van der Waals surface area contributed by atoms with Crippen LogP contribution in [0.4, 0.5) is 11.4 Å². The Hall–Kier alpha value is -4.00. The molecule has 1 saturated carbocycles. The Morgan fingerprint density at radius 2 is 1.94 bits per heavy atom. The second-order valence-corrected chi connectivity index (χ2v) is 7.99. The molecule has 2 amide bonds. The number of rotatable bonds is 4. The molecule has 0 unspecified atom stereocenters. The van der Waals surface area contributed by atoms with Crippen LogP contribution in [0, 0.1) is 0 Å². The van der Waals surface area contributed by atoms with Crippen molar-refractivity contribution in [1.29, 1.82) is 0 Å². The summed E-state index contributed by atoms with van der Waals surface area (Å²) in [6.45, 7) is 0. The first-order valence-corrected chi connectivity index (χ1v) is 10.3. The van der Waals surface area contributed by atoms with Crippen LogP contribution < -0.4 is 10.6 Å². The molecule has 2 N–H and O–H groups in total. The van der Waals surface area contributed by atoms with Crippen molar-refractivity contribution in [2.45, 2.75) is 25.2 Å². The van der Waals surface area contributed by atoms with Crippen LogP contribution in [0.5, 0.6) is 0 Å². The van der Waals surface area contributed by atoms with E-state index < -0.39 is 0 Å². The molecule has 6 rings (SSSR count). The maximum absolute atomic E-state index is 13.4. The Morgan fingerprint density at radius 3 is 2.74 bits per heavy atom. The van der Waals surface area contributed by atoms with E-state index in [1.54, 1.807) is 12.1 Å². The maximum Gasteiger partial charge on any atom is 0.259 e. The fourth-order valence-electron chi connectivity index (χ4n) is 4.05. The molecule has 0 bridgehead atoms. The van der Waals surface area contributed by atoms with Crippen LogP contribution in [0.1, 0.15) is 40.4 Å². The summed E-state index contributed by atoms with van der Waals surface area (Å²) in [7, 11) is 0. The molecule has 0 atom stereocenters.